The molecular weight excluding hydrogens is 506 g/mol. The number of hydrogen-bond donors (Lipinski definition) is 1. The lowest BCUT2D eigenvalue weighted by Gasteiger charge is -2.46. The first-order valence-electron chi connectivity index (χ1n) is 14.4. The zero-order valence-electron chi connectivity index (χ0n) is 22.8. The fourth-order valence-electron chi connectivity index (χ4n) is 6.37. The smallest absolute Gasteiger partial charge is 0.255 e. The molecule has 4 heterocycles. The summed E-state index contributed by atoms with van der Waals surface area (Å²) in [5.41, 5.74) is 2.89. The second kappa shape index (κ2) is 12.2. The van der Waals surface area contributed by atoms with E-state index in [0.717, 1.165) is 51.1 Å². The quantitative estimate of drug-likeness (QED) is 0.465. The van der Waals surface area contributed by atoms with Gasteiger partial charge < -0.3 is 24.3 Å². The van der Waals surface area contributed by atoms with Crippen molar-refractivity contribution in [2.45, 2.75) is 37.3 Å². The lowest BCUT2D eigenvalue weighted by molar-refractivity contribution is -0.121. The van der Waals surface area contributed by atoms with Gasteiger partial charge in [0.1, 0.15) is 11.8 Å². The van der Waals surface area contributed by atoms with E-state index in [0.29, 0.717) is 37.5 Å². The highest BCUT2D eigenvalue weighted by Gasteiger charge is 2.45. The van der Waals surface area contributed by atoms with Gasteiger partial charge in [0, 0.05) is 82.1 Å². The molecule has 2 fully saturated rings. The van der Waals surface area contributed by atoms with Gasteiger partial charge in [-0.3, -0.25) is 14.5 Å². The second-order valence-electron chi connectivity index (χ2n) is 10.8. The van der Waals surface area contributed by atoms with Crippen LogP contribution in [0.5, 0.6) is 0 Å². The second-order valence-corrected chi connectivity index (χ2v) is 10.8. The van der Waals surface area contributed by atoms with Crippen molar-refractivity contribution in [3.63, 3.8) is 0 Å². The molecule has 210 valence electrons. The van der Waals surface area contributed by atoms with Gasteiger partial charge in [0.05, 0.1) is 6.20 Å². The molecule has 2 saturated heterocycles. The predicted molar refractivity (Wildman–Crippen MR) is 151 cm³/mol. The van der Waals surface area contributed by atoms with Crippen molar-refractivity contribution in [1.82, 2.24) is 20.1 Å². The van der Waals surface area contributed by atoms with Crippen molar-refractivity contribution >= 4 is 17.5 Å². The lowest BCUT2D eigenvalue weighted by Crippen LogP contribution is -2.52. The first-order chi connectivity index (χ1) is 19.7. The minimum absolute atomic E-state index is 0.00104. The first-order valence-corrected chi connectivity index (χ1v) is 14.4. The Balaban J connectivity index is 1.12. The van der Waals surface area contributed by atoms with Crippen LogP contribution < -0.4 is 10.2 Å². The molecule has 0 aliphatic carbocycles. The van der Waals surface area contributed by atoms with Crippen LogP contribution in [0.4, 0.5) is 5.69 Å². The third-order valence-electron chi connectivity index (χ3n) is 8.50. The van der Waals surface area contributed by atoms with E-state index in [2.05, 4.69) is 44.4 Å². The van der Waals surface area contributed by atoms with Crippen LogP contribution in [-0.4, -0.2) is 85.1 Å². The number of aromatic nitrogens is 1. The van der Waals surface area contributed by atoms with E-state index in [1.165, 1.54) is 12.1 Å². The predicted octanol–water partition coefficient (Wildman–Crippen LogP) is 3.46. The van der Waals surface area contributed by atoms with Gasteiger partial charge in [-0.1, -0.05) is 36.4 Å². The third-order valence-corrected chi connectivity index (χ3v) is 8.50. The zero-order chi connectivity index (χ0) is 27.3. The van der Waals surface area contributed by atoms with Crippen LogP contribution in [0.15, 0.2) is 71.6 Å². The number of oxazole rings is 1. The average Bonchev–Trinajstić information content (AvgIpc) is 3.55. The number of amides is 2. The van der Waals surface area contributed by atoms with Crippen molar-refractivity contribution in [2.24, 2.45) is 0 Å². The van der Waals surface area contributed by atoms with Crippen LogP contribution >= 0.6 is 0 Å². The lowest BCUT2D eigenvalue weighted by atomic mass is 9.80. The number of carbonyl (C=O) groups is 2. The number of ether oxygens (including phenoxy) is 1. The summed E-state index contributed by atoms with van der Waals surface area (Å²) >= 11 is 0. The molecule has 2 amide bonds. The van der Waals surface area contributed by atoms with Gasteiger partial charge in [0.15, 0.2) is 6.39 Å². The summed E-state index contributed by atoms with van der Waals surface area (Å²) in [6.45, 7) is 6.19. The largest absolute Gasteiger partial charge is 0.446 e. The molecule has 0 saturated carbocycles. The molecule has 0 spiro atoms. The Labute approximate surface area is 235 Å². The van der Waals surface area contributed by atoms with E-state index in [-0.39, 0.29) is 29.8 Å². The van der Waals surface area contributed by atoms with Crippen molar-refractivity contribution in [3.8, 4) is 0 Å². The normalized spacial score (nSPS) is 22.2. The molecular formula is C31H37N5O4. The Morgan fingerprint density at radius 3 is 2.48 bits per heavy atom. The Hall–Kier alpha value is -3.69. The Morgan fingerprint density at radius 2 is 1.73 bits per heavy atom. The summed E-state index contributed by atoms with van der Waals surface area (Å²) in [5.74, 6) is 0.517. The molecule has 1 aromatic heterocycles. The summed E-state index contributed by atoms with van der Waals surface area (Å²) in [4.78, 5) is 37.8. The minimum atomic E-state index is -0.348. The maximum atomic E-state index is 13.8. The average molecular weight is 544 g/mol. The van der Waals surface area contributed by atoms with Crippen molar-refractivity contribution in [3.05, 3.63) is 84.1 Å². The number of fused-ring (bicyclic) bond motifs is 1. The van der Waals surface area contributed by atoms with Gasteiger partial charge in [-0.05, 0) is 36.6 Å². The number of nitrogens with zero attached hydrogens (tertiary/aromatic N) is 4. The van der Waals surface area contributed by atoms with Gasteiger partial charge >= 0.3 is 0 Å². The summed E-state index contributed by atoms with van der Waals surface area (Å²) in [6.07, 6.45) is 5.09. The van der Waals surface area contributed by atoms with E-state index in [1.807, 2.05) is 35.2 Å². The number of piperazine rings is 1. The monoisotopic (exact) mass is 543 g/mol. The van der Waals surface area contributed by atoms with E-state index < -0.39 is 0 Å². The summed E-state index contributed by atoms with van der Waals surface area (Å²) in [6, 6.07) is 17.9. The van der Waals surface area contributed by atoms with E-state index in [1.54, 1.807) is 6.20 Å². The highest BCUT2D eigenvalue weighted by atomic mass is 16.5. The highest BCUT2D eigenvalue weighted by Crippen LogP contribution is 2.44. The van der Waals surface area contributed by atoms with Crippen LogP contribution in [-0.2, 0) is 9.53 Å². The summed E-state index contributed by atoms with van der Waals surface area (Å²) < 4.78 is 11.4. The third kappa shape index (κ3) is 5.62. The zero-order valence-corrected chi connectivity index (χ0v) is 22.8. The maximum absolute atomic E-state index is 13.8. The van der Waals surface area contributed by atoms with Gasteiger partial charge in [0.2, 0.25) is 5.91 Å². The fraction of sp³-hybridized carbons (Fsp3) is 0.452. The highest BCUT2D eigenvalue weighted by molar-refractivity contribution is 5.98. The van der Waals surface area contributed by atoms with Crippen molar-refractivity contribution in [2.75, 3.05) is 57.4 Å². The standard InChI is InChI=1S/C31H37N5O4/c37-29(10-13-34-14-16-35(17-15-34)23-6-2-1-3-7-23)33-20-27-25-8-4-5-9-26(25)31(38)36(24-11-18-39-19-12-24)30(27)28-21-32-22-40-28/h1-9,21-22,24,27,30H,10-20H2,(H,33,37). The number of carbonyl (C=O) groups excluding carboxylic acids is 2. The summed E-state index contributed by atoms with van der Waals surface area (Å²) in [7, 11) is 0. The minimum Gasteiger partial charge on any atom is -0.446 e. The van der Waals surface area contributed by atoms with Crippen molar-refractivity contribution < 1.29 is 18.7 Å². The first kappa shape index (κ1) is 26.5. The number of anilines is 1. The van der Waals surface area contributed by atoms with Crippen molar-refractivity contribution in [1.29, 1.82) is 0 Å². The van der Waals surface area contributed by atoms with Gasteiger partial charge in [-0.2, -0.15) is 0 Å². The SMILES string of the molecule is O=C(CCN1CCN(c2ccccc2)CC1)NCC1c2ccccc2C(=O)N(C2CCOCC2)C1c1cnco1. The van der Waals surface area contributed by atoms with E-state index in [9.17, 15) is 9.59 Å². The molecule has 3 aromatic rings. The van der Waals surface area contributed by atoms with Gasteiger partial charge in [-0.25, -0.2) is 4.98 Å². The fourth-order valence-corrected chi connectivity index (χ4v) is 6.37. The Morgan fingerprint density at radius 1 is 0.975 bits per heavy atom. The Kier molecular flexibility index (Phi) is 8.11. The number of nitrogens with one attached hydrogen (secondary N) is 1. The number of para-hydroxylation sites is 1. The number of benzene rings is 2. The van der Waals surface area contributed by atoms with Crippen LogP contribution in [0.2, 0.25) is 0 Å². The number of rotatable bonds is 8. The van der Waals surface area contributed by atoms with Crippen LogP contribution in [0, 0.1) is 0 Å². The molecule has 3 aliphatic heterocycles. The molecule has 2 atom stereocenters. The molecule has 6 rings (SSSR count). The molecule has 2 aromatic carbocycles. The Bertz CT molecular complexity index is 1270. The van der Waals surface area contributed by atoms with Gasteiger partial charge in [-0.15, -0.1) is 0 Å². The maximum Gasteiger partial charge on any atom is 0.255 e. The molecule has 0 radical (unpaired) electrons. The van der Waals surface area contributed by atoms with E-state index in [4.69, 9.17) is 9.15 Å². The molecule has 0 bridgehead atoms. The van der Waals surface area contributed by atoms with Gasteiger partial charge in [0.25, 0.3) is 5.91 Å². The van der Waals surface area contributed by atoms with Crippen LogP contribution in [0.1, 0.15) is 52.9 Å². The van der Waals surface area contributed by atoms with Crippen LogP contribution in [0.3, 0.4) is 0 Å². The molecule has 40 heavy (non-hydrogen) atoms. The number of hydrogen-bond acceptors (Lipinski definition) is 7. The molecule has 2 unspecified atom stereocenters. The molecule has 1 N–H and O–H groups in total. The van der Waals surface area contributed by atoms with E-state index >= 15 is 0 Å². The molecule has 9 nitrogen and oxygen atoms in total. The molecule has 3 aliphatic rings. The topological polar surface area (TPSA) is 91.2 Å². The summed E-state index contributed by atoms with van der Waals surface area (Å²) in [5, 5.41) is 3.20. The molecule has 9 heteroatoms. The van der Waals surface area contributed by atoms with Crippen LogP contribution in [0.25, 0.3) is 0 Å².